The standard InChI is InChI=1S/C26H25N3O2S/c30-24-23-20-13-7-8-14-21(20)32-25(23)28-22(27-24)17-29(16-15-18-9-3-1-4-10-18)26(31)19-11-5-2-6-12-19/h1-6,9-12H,7-8,13-17H2,(H,27,28,30). The average molecular weight is 444 g/mol. The average Bonchev–Trinajstić information content (AvgIpc) is 3.21. The van der Waals surface area contributed by atoms with Crippen LogP contribution in [0.5, 0.6) is 0 Å². The molecule has 0 saturated heterocycles. The zero-order valence-electron chi connectivity index (χ0n) is 17.8. The van der Waals surface area contributed by atoms with Gasteiger partial charge in [0.05, 0.1) is 11.9 Å². The van der Waals surface area contributed by atoms with Crippen LogP contribution in [0.4, 0.5) is 0 Å². The van der Waals surface area contributed by atoms with Crippen molar-refractivity contribution in [1.82, 2.24) is 14.9 Å². The molecule has 2 aromatic heterocycles. The summed E-state index contributed by atoms with van der Waals surface area (Å²) in [5.41, 5.74) is 2.90. The summed E-state index contributed by atoms with van der Waals surface area (Å²) in [5.74, 6) is 0.480. The maximum Gasteiger partial charge on any atom is 0.259 e. The predicted molar refractivity (Wildman–Crippen MR) is 128 cm³/mol. The van der Waals surface area contributed by atoms with Gasteiger partial charge in [-0.15, -0.1) is 11.3 Å². The smallest absolute Gasteiger partial charge is 0.259 e. The van der Waals surface area contributed by atoms with Crippen LogP contribution in [0.15, 0.2) is 65.5 Å². The van der Waals surface area contributed by atoms with Crippen LogP contribution in [0.1, 0.15) is 45.0 Å². The third kappa shape index (κ3) is 4.23. The van der Waals surface area contributed by atoms with Crippen molar-refractivity contribution < 1.29 is 4.79 Å². The maximum absolute atomic E-state index is 13.3. The summed E-state index contributed by atoms with van der Waals surface area (Å²) in [6, 6.07) is 19.4. The van der Waals surface area contributed by atoms with Crippen LogP contribution in [0.25, 0.3) is 10.2 Å². The van der Waals surface area contributed by atoms with Gasteiger partial charge in [-0.05, 0) is 55.4 Å². The first-order chi connectivity index (χ1) is 15.7. The van der Waals surface area contributed by atoms with Gasteiger partial charge in [-0.1, -0.05) is 48.5 Å². The number of thiophene rings is 1. The molecule has 32 heavy (non-hydrogen) atoms. The summed E-state index contributed by atoms with van der Waals surface area (Å²) in [4.78, 5) is 37.8. The lowest BCUT2D eigenvalue weighted by Crippen LogP contribution is -2.33. The first kappa shape index (κ1) is 20.6. The summed E-state index contributed by atoms with van der Waals surface area (Å²) >= 11 is 1.64. The minimum atomic E-state index is -0.0837. The van der Waals surface area contributed by atoms with Crippen molar-refractivity contribution in [3.8, 4) is 0 Å². The molecule has 1 N–H and O–H groups in total. The van der Waals surface area contributed by atoms with Crippen LogP contribution in [-0.4, -0.2) is 27.3 Å². The van der Waals surface area contributed by atoms with E-state index in [1.165, 1.54) is 22.4 Å². The Bertz CT molecular complexity index is 1300. The number of aromatic nitrogens is 2. The van der Waals surface area contributed by atoms with E-state index in [1.54, 1.807) is 16.2 Å². The minimum absolute atomic E-state index is 0.0604. The van der Waals surface area contributed by atoms with Gasteiger partial charge >= 0.3 is 0 Å². The summed E-state index contributed by atoms with van der Waals surface area (Å²) < 4.78 is 0. The zero-order chi connectivity index (χ0) is 21.9. The molecule has 0 saturated carbocycles. The summed E-state index contributed by atoms with van der Waals surface area (Å²) in [7, 11) is 0. The highest BCUT2D eigenvalue weighted by atomic mass is 32.1. The van der Waals surface area contributed by atoms with E-state index in [1.807, 2.05) is 48.5 Å². The Morgan fingerprint density at radius 2 is 1.72 bits per heavy atom. The highest BCUT2D eigenvalue weighted by Gasteiger charge is 2.22. The molecule has 0 unspecified atom stereocenters. The molecule has 0 bridgehead atoms. The Morgan fingerprint density at radius 1 is 1.00 bits per heavy atom. The number of benzene rings is 2. The number of H-pyrrole nitrogens is 1. The van der Waals surface area contributed by atoms with Crippen molar-refractivity contribution >= 4 is 27.5 Å². The van der Waals surface area contributed by atoms with Crippen molar-refractivity contribution in [2.45, 2.75) is 38.6 Å². The van der Waals surface area contributed by atoms with Gasteiger partial charge < -0.3 is 9.88 Å². The van der Waals surface area contributed by atoms with E-state index in [4.69, 9.17) is 4.98 Å². The molecule has 0 spiro atoms. The normalized spacial score (nSPS) is 13.1. The molecular weight excluding hydrogens is 418 g/mol. The molecule has 0 radical (unpaired) electrons. The van der Waals surface area contributed by atoms with Gasteiger partial charge in [-0.2, -0.15) is 0 Å². The molecule has 6 heteroatoms. The Labute approximate surface area is 190 Å². The van der Waals surface area contributed by atoms with Gasteiger partial charge in [-0.3, -0.25) is 9.59 Å². The second-order valence-electron chi connectivity index (χ2n) is 8.23. The Kier molecular flexibility index (Phi) is 5.86. The number of hydrogen-bond acceptors (Lipinski definition) is 4. The Morgan fingerprint density at radius 3 is 2.50 bits per heavy atom. The molecule has 0 aliphatic heterocycles. The van der Waals surface area contributed by atoms with Gasteiger partial charge in [0, 0.05) is 17.0 Å². The van der Waals surface area contributed by atoms with Crippen LogP contribution in [-0.2, 0) is 25.8 Å². The van der Waals surface area contributed by atoms with Crippen LogP contribution in [0, 0.1) is 0 Å². The summed E-state index contributed by atoms with van der Waals surface area (Å²) in [6.07, 6.45) is 5.01. The highest BCUT2D eigenvalue weighted by molar-refractivity contribution is 7.18. The van der Waals surface area contributed by atoms with E-state index < -0.39 is 0 Å². The van der Waals surface area contributed by atoms with E-state index in [0.717, 1.165) is 35.9 Å². The van der Waals surface area contributed by atoms with Crippen molar-refractivity contribution in [2.75, 3.05) is 6.54 Å². The van der Waals surface area contributed by atoms with Crippen molar-refractivity contribution in [2.24, 2.45) is 0 Å². The van der Waals surface area contributed by atoms with E-state index in [-0.39, 0.29) is 18.0 Å². The van der Waals surface area contributed by atoms with Crippen LogP contribution in [0.2, 0.25) is 0 Å². The number of aromatic amines is 1. The topological polar surface area (TPSA) is 66.1 Å². The summed E-state index contributed by atoms with van der Waals surface area (Å²) in [5, 5.41) is 0.749. The largest absolute Gasteiger partial charge is 0.331 e. The highest BCUT2D eigenvalue weighted by Crippen LogP contribution is 2.33. The fourth-order valence-corrected chi connectivity index (χ4v) is 5.67. The maximum atomic E-state index is 13.3. The molecule has 5 rings (SSSR count). The molecule has 0 atom stereocenters. The number of aryl methyl sites for hydroxylation is 2. The van der Waals surface area contributed by atoms with Crippen molar-refractivity contribution in [3.63, 3.8) is 0 Å². The molecular formula is C26H25N3O2S. The van der Waals surface area contributed by atoms with Crippen molar-refractivity contribution in [1.29, 1.82) is 0 Å². The second-order valence-corrected chi connectivity index (χ2v) is 9.32. The van der Waals surface area contributed by atoms with E-state index in [0.29, 0.717) is 17.9 Å². The third-order valence-electron chi connectivity index (χ3n) is 6.04. The lowest BCUT2D eigenvalue weighted by atomic mass is 9.97. The number of nitrogens with zero attached hydrogens (tertiary/aromatic N) is 2. The molecule has 162 valence electrons. The SMILES string of the molecule is O=C(c1ccccc1)N(CCc1ccccc1)Cc1nc2sc3c(c2c(=O)[nH]1)CCCC3. The molecule has 1 aliphatic rings. The molecule has 1 aliphatic carbocycles. The Balaban J connectivity index is 1.45. The number of amides is 1. The van der Waals surface area contributed by atoms with Crippen LogP contribution < -0.4 is 5.56 Å². The lowest BCUT2D eigenvalue weighted by Gasteiger charge is -2.22. The first-order valence-corrected chi connectivity index (χ1v) is 11.9. The van der Waals surface area contributed by atoms with Gasteiger partial charge in [0.2, 0.25) is 0 Å². The third-order valence-corrected chi connectivity index (χ3v) is 7.22. The number of nitrogens with one attached hydrogen (secondary N) is 1. The number of carbonyl (C=O) groups excluding carboxylic acids is 1. The fraction of sp³-hybridized carbons (Fsp3) is 0.269. The number of carbonyl (C=O) groups is 1. The van der Waals surface area contributed by atoms with Gasteiger partial charge in [0.1, 0.15) is 10.7 Å². The number of fused-ring (bicyclic) bond motifs is 3. The zero-order valence-corrected chi connectivity index (χ0v) is 18.7. The molecule has 0 fully saturated rings. The molecule has 5 nitrogen and oxygen atoms in total. The predicted octanol–water partition coefficient (Wildman–Crippen LogP) is 4.75. The molecule has 4 aromatic rings. The van der Waals surface area contributed by atoms with E-state index in [2.05, 4.69) is 17.1 Å². The van der Waals surface area contributed by atoms with Crippen LogP contribution in [0.3, 0.4) is 0 Å². The van der Waals surface area contributed by atoms with Gasteiger partial charge in [0.25, 0.3) is 11.5 Å². The molecule has 1 amide bonds. The van der Waals surface area contributed by atoms with E-state index in [9.17, 15) is 9.59 Å². The molecule has 2 aromatic carbocycles. The number of hydrogen-bond donors (Lipinski definition) is 1. The monoisotopic (exact) mass is 443 g/mol. The minimum Gasteiger partial charge on any atom is -0.331 e. The van der Waals surface area contributed by atoms with E-state index >= 15 is 0 Å². The quantitative estimate of drug-likeness (QED) is 0.468. The number of rotatable bonds is 6. The van der Waals surface area contributed by atoms with Gasteiger partial charge in [-0.25, -0.2) is 4.98 Å². The fourth-order valence-electron chi connectivity index (χ4n) is 4.39. The lowest BCUT2D eigenvalue weighted by molar-refractivity contribution is 0.0741. The van der Waals surface area contributed by atoms with Crippen molar-refractivity contribution in [3.05, 3.63) is 98.4 Å². The van der Waals surface area contributed by atoms with Crippen LogP contribution >= 0.6 is 11.3 Å². The first-order valence-electron chi connectivity index (χ1n) is 11.1. The Hall–Kier alpha value is -3.25. The van der Waals surface area contributed by atoms with Gasteiger partial charge in [0.15, 0.2) is 0 Å². The molecule has 2 heterocycles. The second kappa shape index (κ2) is 9.09. The summed E-state index contributed by atoms with van der Waals surface area (Å²) in [6.45, 7) is 0.814.